The molecule has 0 aliphatic rings. The molecule has 0 fully saturated rings. The van der Waals surface area contributed by atoms with Gasteiger partial charge in [0.2, 0.25) is 0 Å². The maximum absolute atomic E-state index is 5.27. The van der Waals surface area contributed by atoms with E-state index < -0.39 is 0 Å². The zero-order valence-corrected chi connectivity index (χ0v) is 34.1. The third-order valence-corrected chi connectivity index (χ3v) is 13.6. The van der Waals surface area contributed by atoms with Crippen molar-refractivity contribution in [2.24, 2.45) is 0 Å². The lowest BCUT2D eigenvalue weighted by molar-refractivity contribution is 1.07. The van der Waals surface area contributed by atoms with Gasteiger partial charge in [0.1, 0.15) is 0 Å². The predicted octanol–water partition coefficient (Wildman–Crippen LogP) is 15.5. The van der Waals surface area contributed by atoms with Crippen LogP contribution in [0.5, 0.6) is 0 Å². The molecular formula is C57H34N4S. The molecule has 0 atom stereocenters. The maximum Gasteiger partial charge on any atom is 0.164 e. The quantitative estimate of drug-likeness (QED) is 0.163. The molecule has 0 saturated carbocycles. The molecule has 0 aliphatic carbocycles. The summed E-state index contributed by atoms with van der Waals surface area (Å²) in [6.07, 6.45) is 0. The Morgan fingerprint density at radius 3 is 1.56 bits per heavy atom. The van der Waals surface area contributed by atoms with Crippen molar-refractivity contribution in [1.82, 2.24) is 19.5 Å². The van der Waals surface area contributed by atoms with Crippen LogP contribution >= 0.6 is 11.3 Å². The van der Waals surface area contributed by atoms with Crippen LogP contribution in [0, 0.1) is 0 Å². The highest BCUT2D eigenvalue weighted by atomic mass is 32.1. The first-order valence-corrected chi connectivity index (χ1v) is 21.8. The molecule has 10 aromatic carbocycles. The highest BCUT2D eigenvalue weighted by molar-refractivity contribution is 7.26. The van der Waals surface area contributed by atoms with Gasteiger partial charge in [-0.1, -0.05) is 176 Å². The molecule has 0 spiro atoms. The number of nitrogens with zero attached hydrogens (tertiary/aromatic N) is 4. The maximum atomic E-state index is 5.27. The van der Waals surface area contributed by atoms with Crippen LogP contribution in [0.25, 0.3) is 125 Å². The van der Waals surface area contributed by atoms with Crippen LogP contribution in [0.2, 0.25) is 0 Å². The van der Waals surface area contributed by atoms with Gasteiger partial charge in [0, 0.05) is 53.0 Å². The molecule has 5 heteroatoms. The Kier molecular flexibility index (Phi) is 7.74. The summed E-state index contributed by atoms with van der Waals surface area (Å²) in [5.41, 5.74) is 8.58. The van der Waals surface area contributed by atoms with Crippen LogP contribution in [0.4, 0.5) is 0 Å². The fraction of sp³-hybridized carbons (Fsp3) is 0. The van der Waals surface area contributed by atoms with E-state index in [-0.39, 0.29) is 0 Å². The molecule has 62 heavy (non-hydrogen) atoms. The van der Waals surface area contributed by atoms with Crippen molar-refractivity contribution in [1.29, 1.82) is 0 Å². The number of hydrogen-bond acceptors (Lipinski definition) is 4. The SMILES string of the molecule is c1ccc(-c2nc(-c3ccccc3)nc(-c3cc(-n4c5ccccc5c5ccc(-c6cccc7c6sc6ccccc67)cc54)c4c5ccccc5c5ccccc5c4c3)n2)cc1. The van der Waals surface area contributed by atoms with Gasteiger partial charge in [0.15, 0.2) is 17.5 Å². The van der Waals surface area contributed by atoms with Crippen molar-refractivity contribution in [2.75, 3.05) is 0 Å². The summed E-state index contributed by atoms with van der Waals surface area (Å²) in [5, 5.41) is 12.2. The van der Waals surface area contributed by atoms with Crippen molar-refractivity contribution in [3.8, 4) is 51.0 Å². The van der Waals surface area contributed by atoms with Crippen LogP contribution in [0.1, 0.15) is 0 Å². The van der Waals surface area contributed by atoms with E-state index in [0.29, 0.717) is 17.5 Å². The Labute approximate surface area is 360 Å². The van der Waals surface area contributed by atoms with Crippen molar-refractivity contribution >= 4 is 85.6 Å². The topological polar surface area (TPSA) is 43.6 Å². The fourth-order valence-electron chi connectivity index (χ4n) is 9.63. The van der Waals surface area contributed by atoms with Crippen molar-refractivity contribution < 1.29 is 0 Å². The number of thiophene rings is 1. The normalized spacial score (nSPS) is 11.9. The third-order valence-electron chi connectivity index (χ3n) is 12.4. The lowest BCUT2D eigenvalue weighted by atomic mass is 9.91. The van der Waals surface area contributed by atoms with Gasteiger partial charge in [-0.2, -0.15) is 0 Å². The van der Waals surface area contributed by atoms with E-state index in [1.54, 1.807) is 0 Å². The van der Waals surface area contributed by atoms with Gasteiger partial charge in [0.05, 0.1) is 16.7 Å². The van der Waals surface area contributed by atoms with Crippen molar-refractivity contribution in [3.05, 3.63) is 206 Å². The molecule has 0 amide bonds. The van der Waals surface area contributed by atoms with E-state index in [2.05, 4.69) is 174 Å². The molecule has 0 unspecified atom stereocenters. The van der Waals surface area contributed by atoms with Gasteiger partial charge in [-0.25, -0.2) is 15.0 Å². The average molecular weight is 807 g/mol. The van der Waals surface area contributed by atoms with Gasteiger partial charge < -0.3 is 4.57 Å². The Bertz CT molecular complexity index is 3870. The first kappa shape index (κ1) is 34.8. The fourth-order valence-corrected chi connectivity index (χ4v) is 10.9. The van der Waals surface area contributed by atoms with Crippen LogP contribution in [0.15, 0.2) is 206 Å². The first-order valence-electron chi connectivity index (χ1n) is 20.9. The molecule has 0 aliphatic heterocycles. The molecule has 288 valence electrons. The van der Waals surface area contributed by atoms with E-state index in [0.717, 1.165) is 38.8 Å². The Balaban J connectivity index is 1.16. The first-order chi connectivity index (χ1) is 30.7. The lowest BCUT2D eigenvalue weighted by Gasteiger charge is -2.18. The summed E-state index contributed by atoms with van der Waals surface area (Å²) in [7, 11) is 0. The number of benzene rings is 10. The summed E-state index contributed by atoms with van der Waals surface area (Å²) in [5.74, 6) is 1.89. The second kappa shape index (κ2) is 13.8. The third kappa shape index (κ3) is 5.35. The molecule has 0 bridgehead atoms. The summed E-state index contributed by atoms with van der Waals surface area (Å²) in [6, 6.07) is 74.0. The molecule has 3 aromatic heterocycles. The smallest absolute Gasteiger partial charge is 0.164 e. The molecule has 4 nitrogen and oxygen atoms in total. The molecule has 0 N–H and O–H groups in total. The number of fused-ring (bicyclic) bond motifs is 12. The molecule has 3 heterocycles. The lowest BCUT2D eigenvalue weighted by Crippen LogP contribution is -2.02. The Hall–Kier alpha value is -7.99. The van der Waals surface area contributed by atoms with Gasteiger partial charge >= 0.3 is 0 Å². The number of hydrogen-bond donors (Lipinski definition) is 0. The molecular weight excluding hydrogens is 773 g/mol. The minimum Gasteiger partial charge on any atom is -0.309 e. The summed E-state index contributed by atoms with van der Waals surface area (Å²) < 4.78 is 5.10. The van der Waals surface area contributed by atoms with Gasteiger partial charge in [-0.15, -0.1) is 11.3 Å². The second-order valence-electron chi connectivity index (χ2n) is 15.9. The summed E-state index contributed by atoms with van der Waals surface area (Å²) in [6.45, 7) is 0. The van der Waals surface area contributed by atoms with Crippen LogP contribution in [-0.4, -0.2) is 19.5 Å². The summed E-state index contributed by atoms with van der Waals surface area (Å²) >= 11 is 1.87. The number of para-hydroxylation sites is 1. The van der Waals surface area contributed by atoms with E-state index in [4.69, 9.17) is 15.0 Å². The minimum atomic E-state index is 0.621. The second-order valence-corrected chi connectivity index (χ2v) is 17.0. The number of aromatic nitrogens is 4. The van der Waals surface area contributed by atoms with Crippen LogP contribution in [0.3, 0.4) is 0 Å². The van der Waals surface area contributed by atoms with Crippen LogP contribution < -0.4 is 0 Å². The van der Waals surface area contributed by atoms with E-state index in [1.165, 1.54) is 69.0 Å². The highest BCUT2D eigenvalue weighted by Gasteiger charge is 2.22. The van der Waals surface area contributed by atoms with E-state index >= 15 is 0 Å². The average Bonchev–Trinajstić information content (AvgIpc) is 3.90. The molecule has 0 saturated heterocycles. The monoisotopic (exact) mass is 806 g/mol. The Morgan fingerprint density at radius 2 is 0.855 bits per heavy atom. The van der Waals surface area contributed by atoms with Gasteiger partial charge in [-0.3, -0.25) is 0 Å². The largest absolute Gasteiger partial charge is 0.309 e. The summed E-state index contributed by atoms with van der Waals surface area (Å²) in [4.78, 5) is 15.6. The van der Waals surface area contributed by atoms with Gasteiger partial charge in [0.25, 0.3) is 0 Å². The van der Waals surface area contributed by atoms with Gasteiger partial charge in [-0.05, 0) is 68.4 Å². The molecule has 13 rings (SSSR count). The van der Waals surface area contributed by atoms with E-state index in [1.807, 2.05) is 47.7 Å². The van der Waals surface area contributed by atoms with E-state index in [9.17, 15) is 0 Å². The van der Waals surface area contributed by atoms with Crippen LogP contribution in [-0.2, 0) is 0 Å². The standard InChI is InChI=1S/C57H34N4S/c1-3-16-35(17-4-1)55-58-56(36-18-5-2-6-19-36)60-57(59-55)38-32-48-42-22-8-7-20-40(42)41-21-9-10-25-46(41)53(48)51(34-38)61-49-28-13-11-23-43(49)44-31-30-37(33-50(44)61)39-26-15-27-47-45-24-12-14-29-52(45)62-54(39)47/h1-34H. The minimum absolute atomic E-state index is 0.621. The zero-order chi connectivity index (χ0) is 40.7. The predicted molar refractivity (Wildman–Crippen MR) is 261 cm³/mol. The van der Waals surface area contributed by atoms with Crippen molar-refractivity contribution in [3.63, 3.8) is 0 Å². The van der Waals surface area contributed by atoms with Crippen molar-refractivity contribution in [2.45, 2.75) is 0 Å². The number of rotatable bonds is 5. The molecule has 0 radical (unpaired) electrons. The Morgan fingerprint density at radius 1 is 0.323 bits per heavy atom. The highest BCUT2D eigenvalue weighted by Crippen LogP contribution is 2.45. The zero-order valence-electron chi connectivity index (χ0n) is 33.3. The molecule has 13 aromatic rings.